The van der Waals surface area contributed by atoms with Gasteiger partial charge in [0.2, 0.25) is 11.6 Å². The smallest absolute Gasteiger partial charge is 0.272 e. The molecule has 2 rings (SSSR count). The minimum absolute atomic E-state index is 0.0622. The molecule has 0 unspecified atom stereocenters. The molecule has 0 bridgehead atoms. The van der Waals surface area contributed by atoms with Crippen molar-refractivity contribution in [3.63, 3.8) is 0 Å². The van der Waals surface area contributed by atoms with Crippen LogP contribution in [-0.4, -0.2) is 11.5 Å². The number of hydrogen-bond donors (Lipinski definition) is 1. The van der Waals surface area contributed by atoms with E-state index < -0.39 is 0 Å². The van der Waals surface area contributed by atoms with Gasteiger partial charge in [-0.2, -0.15) is 0 Å². The molecule has 4 heteroatoms. The maximum absolute atomic E-state index is 10.8. The quantitative estimate of drug-likeness (QED) is 0.692. The van der Waals surface area contributed by atoms with Crippen LogP contribution in [0.1, 0.15) is 6.92 Å². The fourth-order valence-corrected chi connectivity index (χ4v) is 1.74. The van der Waals surface area contributed by atoms with Crippen LogP contribution in [0.2, 0.25) is 0 Å². The van der Waals surface area contributed by atoms with Crippen LogP contribution < -0.4 is 5.32 Å². The summed E-state index contributed by atoms with van der Waals surface area (Å²) in [5.41, 5.74) is 4.52. The first-order valence-electron chi connectivity index (χ1n) is 3.80. The Morgan fingerprint density at radius 2 is 2.46 bits per heavy atom. The Labute approximate surface area is 80.3 Å². The van der Waals surface area contributed by atoms with E-state index in [1.165, 1.54) is 18.7 Å². The number of amides is 1. The standard InChI is InChI=1S/C9H6N2OS/c1-6(12)11-7-2-3-8-9(4-7)13-5-10-8/h2-4H,1H3/p+1. The molecule has 0 aromatic heterocycles. The third-order valence-corrected chi connectivity index (χ3v) is 2.33. The third kappa shape index (κ3) is 1.69. The number of aliphatic imine (C=N–C) groups is 1. The average molecular weight is 191 g/mol. The highest BCUT2D eigenvalue weighted by atomic mass is 32.2. The molecule has 1 aliphatic rings. The van der Waals surface area contributed by atoms with Crippen LogP contribution in [0.4, 0.5) is 11.4 Å². The Morgan fingerprint density at radius 3 is 3.23 bits per heavy atom. The van der Waals surface area contributed by atoms with Crippen molar-refractivity contribution in [2.45, 2.75) is 11.8 Å². The van der Waals surface area contributed by atoms with E-state index in [-0.39, 0.29) is 5.91 Å². The number of fused-ring (bicyclic) bond motifs is 1. The van der Waals surface area contributed by atoms with Crippen LogP contribution >= 0.6 is 11.8 Å². The zero-order valence-corrected chi connectivity index (χ0v) is 7.81. The van der Waals surface area contributed by atoms with Crippen molar-refractivity contribution in [1.82, 2.24) is 0 Å². The Bertz CT molecular complexity index is 387. The summed E-state index contributed by atoms with van der Waals surface area (Å²) in [7, 11) is 0. The van der Waals surface area contributed by atoms with Crippen molar-refractivity contribution >= 4 is 34.6 Å². The Balaban J connectivity index is 2.28. The molecule has 0 fully saturated rings. The summed E-state index contributed by atoms with van der Waals surface area (Å²) >= 11 is 1.44. The second-order valence-electron chi connectivity index (χ2n) is 2.67. The van der Waals surface area contributed by atoms with Crippen LogP contribution in [0.15, 0.2) is 28.1 Å². The first kappa shape index (κ1) is 8.23. The van der Waals surface area contributed by atoms with Gasteiger partial charge in [0.05, 0.1) is 6.07 Å². The number of benzene rings is 1. The van der Waals surface area contributed by atoms with E-state index in [0.717, 1.165) is 16.3 Å². The molecule has 1 aromatic rings. The second kappa shape index (κ2) is 3.17. The molecule has 3 nitrogen and oxygen atoms in total. The van der Waals surface area contributed by atoms with Crippen LogP contribution in [0.25, 0.3) is 0 Å². The Morgan fingerprint density at radius 1 is 1.62 bits per heavy atom. The van der Waals surface area contributed by atoms with Gasteiger partial charge in [-0.05, 0) is 6.07 Å². The first-order valence-corrected chi connectivity index (χ1v) is 4.61. The summed E-state index contributed by atoms with van der Waals surface area (Å²) in [5, 5.41) is 2.71. The molecule has 1 aliphatic heterocycles. The number of nitrogens with one attached hydrogen (secondary N) is 1. The first-order chi connectivity index (χ1) is 6.25. The lowest BCUT2D eigenvalue weighted by Gasteiger charge is -1.99. The highest BCUT2D eigenvalue weighted by Gasteiger charge is 2.20. The number of nitrogens with zero attached hydrogens (tertiary/aromatic N) is 1. The van der Waals surface area contributed by atoms with Gasteiger partial charge in [0.1, 0.15) is 11.8 Å². The highest BCUT2D eigenvalue weighted by Crippen LogP contribution is 2.35. The molecule has 0 radical (unpaired) electrons. The summed E-state index contributed by atoms with van der Waals surface area (Å²) in [6, 6.07) is 5.59. The van der Waals surface area contributed by atoms with Gasteiger partial charge >= 0.3 is 0 Å². The van der Waals surface area contributed by atoms with Crippen LogP contribution in [0.3, 0.4) is 0 Å². The van der Waals surface area contributed by atoms with Gasteiger partial charge < -0.3 is 5.32 Å². The van der Waals surface area contributed by atoms with Gasteiger partial charge in [-0.1, -0.05) is 0 Å². The topological polar surface area (TPSA) is 41.5 Å². The van der Waals surface area contributed by atoms with E-state index >= 15 is 0 Å². The lowest BCUT2D eigenvalue weighted by atomic mass is 10.3. The van der Waals surface area contributed by atoms with Crippen molar-refractivity contribution in [2.75, 3.05) is 5.32 Å². The summed E-state index contributed by atoms with van der Waals surface area (Å²) in [5.74, 6) is -0.0622. The summed E-state index contributed by atoms with van der Waals surface area (Å²) in [6.45, 7) is 1.49. The zero-order chi connectivity index (χ0) is 9.26. The molecule has 0 saturated heterocycles. The predicted molar refractivity (Wildman–Crippen MR) is 53.7 cm³/mol. The average Bonchev–Trinajstić information content (AvgIpc) is 2.49. The van der Waals surface area contributed by atoms with E-state index in [9.17, 15) is 4.79 Å². The number of hydrogen-bond acceptors (Lipinski definition) is 3. The lowest BCUT2D eigenvalue weighted by Crippen LogP contribution is -2.05. The molecule has 13 heavy (non-hydrogen) atoms. The van der Waals surface area contributed by atoms with Gasteiger partial charge in [0.15, 0.2) is 4.90 Å². The second-order valence-corrected chi connectivity index (χ2v) is 3.50. The van der Waals surface area contributed by atoms with Crippen molar-refractivity contribution in [1.29, 1.82) is 0 Å². The van der Waals surface area contributed by atoms with Crippen molar-refractivity contribution in [2.24, 2.45) is 4.99 Å². The van der Waals surface area contributed by atoms with Gasteiger partial charge in [0, 0.05) is 23.7 Å². The monoisotopic (exact) mass is 191 g/mol. The zero-order valence-electron chi connectivity index (χ0n) is 7.00. The van der Waals surface area contributed by atoms with E-state index in [1.807, 2.05) is 18.2 Å². The predicted octanol–water partition coefficient (Wildman–Crippen LogP) is 2.29. The fraction of sp³-hybridized carbons (Fsp3) is 0.111. The molecule has 0 spiro atoms. The van der Waals surface area contributed by atoms with Gasteiger partial charge in [-0.25, -0.2) is 0 Å². The van der Waals surface area contributed by atoms with E-state index in [0.29, 0.717) is 0 Å². The van der Waals surface area contributed by atoms with E-state index in [2.05, 4.69) is 15.9 Å². The highest BCUT2D eigenvalue weighted by molar-refractivity contribution is 8.12. The lowest BCUT2D eigenvalue weighted by molar-refractivity contribution is -0.114. The third-order valence-electron chi connectivity index (χ3n) is 1.60. The minimum Gasteiger partial charge on any atom is -0.326 e. The maximum atomic E-state index is 10.8. The summed E-state index contributed by atoms with van der Waals surface area (Å²) < 4.78 is 0. The van der Waals surface area contributed by atoms with E-state index in [1.54, 1.807) is 0 Å². The SMILES string of the molecule is CC(=O)Nc1ccc2c(c1)S[C+]=N2. The molecule has 1 N–H and O–H groups in total. The Hall–Kier alpha value is -1.38. The van der Waals surface area contributed by atoms with Gasteiger partial charge in [-0.3, -0.25) is 4.79 Å². The van der Waals surface area contributed by atoms with Gasteiger partial charge in [-0.15, -0.1) is 0 Å². The molecule has 64 valence electrons. The molecule has 1 heterocycles. The molecular formula is C9H7N2OS+. The summed E-state index contributed by atoms with van der Waals surface area (Å²) in [4.78, 5) is 15.8. The largest absolute Gasteiger partial charge is 0.326 e. The molecule has 0 aliphatic carbocycles. The number of thioether (sulfide) groups is 1. The van der Waals surface area contributed by atoms with Crippen molar-refractivity contribution in [3.05, 3.63) is 18.2 Å². The maximum Gasteiger partial charge on any atom is 0.272 e. The van der Waals surface area contributed by atoms with Crippen molar-refractivity contribution < 1.29 is 4.79 Å². The molecule has 1 aromatic carbocycles. The van der Waals surface area contributed by atoms with Crippen LogP contribution in [0.5, 0.6) is 0 Å². The minimum atomic E-state index is -0.0622. The number of carbonyl (C=O) groups excluding carboxylic acids is 1. The van der Waals surface area contributed by atoms with E-state index in [4.69, 9.17) is 0 Å². The normalized spacial score (nSPS) is 12.1. The van der Waals surface area contributed by atoms with Gasteiger partial charge in [0.25, 0.3) is 5.55 Å². The molecule has 0 saturated carbocycles. The van der Waals surface area contributed by atoms with Crippen molar-refractivity contribution in [3.8, 4) is 0 Å². The summed E-state index contributed by atoms with van der Waals surface area (Å²) in [6.07, 6.45) is 0. The molecular weight excluding hydrogens is 184 g/mol. The number of anilines is 1. The molecule has 1 amide bonds. The number of carbonyl (C=O) groups is 1. The Kier molecular flexibility index (Phi) is 2.00. The fourth-order valence-electron chi connectivity index (χ4n) is 1.09. The van der Waals surface area contributed by atoms with Crippen LogP contribution in [-0.2, 0) is 4.79 Å². The molecule has 0 atom stereocenters. The van der Waals surface area contributed by atoms with Crippen LogP contribution in [0, 0.1) is 0 Å². The number of rotatable bonds is 1.